The van der Waals surface area contributed by atoms with Gasteiger partial charge in [-0.25, -0.2) is 0 Å². The molecule has 3 nitrogen and oxygen atoms in total. The zero-order valence-electron chi connectivity index (χ0n) is 14.3. The van der Waals surface area contributed by atoms with Gasteiger partial charge in [-0.3, -0.25) is 9.69 Å². The molecule has 0 amide bonds. The Balaban J connectivity index is 2.03. The molecule has 0 radical (unpaired) electrons. The van der Waals surface area contributed by atoms with Gasteiger partial charge < -0.3 is 5.11 Å². The third-order valence-corrected chi connectivity index (χ3v) is 6.23. The highest BCUT2D eigenvalue weighted by Crippen LogP contribution is 2.40. The highest BCUT2D eigenvalue weighted by atomic mass is 16.4. The van der Waals surface area contributed by atoms with Gasteiger partial charge in [-0.15, -0.1) is 0 Å². The maximum Gasteiger partial charge on any atom is 0.308 e. The molecule has 3 unspecified atom stereocenters. The van der Waals surface area contributed by atoms with Crippen molar-refractivity contribution >= 4 is 5.97 Å². The second-order valence-electron chi connectivity index (χ2n) is 8.16. The zero-order valence-corrected chi connectivity index (χ0v) is 14.3. The average molecular weight is 295 g/mol. The molecule has 122 valence electrons. The molecule has 1 N–H and O–H groups in total. The summed E-state index contributed by atoms with van der Waals surface area (Å²) in [6.45, 7) is 6.96. The van der Waals surface area contributed by atoms with Crippen LogP contribution in [0.1, 0.15) is 72.1 Å². The lowest BCUT2D eigenvalue weighted by Crippen LogP contribution is -2.50. The summed E-state index contributed by atoms with van der Waals surface area (Å²) in [5.41, 5.74) is 0.474. The van der Waals surface area contributed by atoms with Crippen LogP contribution in [0, 0.1) is 17.3 Å². The van der Waals surface area contributed by atoms with Gasteiger partial charge in [0.1, 0.15) is 0 Å². The molecule has 3 atom stereocenters. The molecular weight excluding hydrogens is 262 g/mol. The van der Waals surface area contributed by atoms with E-state index in [1.807, 2.05) is 0 Å². The summed E-state index contributed by atoms with van der Waals surface area (Å²) in [4.78, 5) is 14.1. The summed E-state index contributed by atoms with van der Waals surface area (Å²) < 4.78 is 0. The maximum atomic E-state index is 11.6. The molecule has 0 bridgehead atoms. The molecule has 21 heavy (non-hydrogen) atoms. The minimum atomic E-state index is -0.586. The van der Waals surface area contributed by atoms with E-state index in [4.69, 9.17) is 0 Å². The first-order chi connectivity index (χ1) is 9.84. The highest BCUT2D eigenvalue weighted by Gasteiger charge is 2.40. The largest absolute Gasteiger partial charge is 0.481 e. The van der Waals surface area contributed by atoms with E-state index in [0.29, 0.717) is 17.4 Å². The van der Waals surface area contributed by atoms with Crippen molar-refractivity contribution in [3.8, 4) is 0 Å². The SMILES string of the molecule is CCC1CCC(C(=O)O)C(N(C)C2CCC(C)(C)CC2)C1. The summed E-state index contributed by atoms with van der Waals surface area (Å²) in [7, 11) is 2.18. The molecule has 2 aliphatic carbocycles. The summed E-state index contributed by atoms with van der Waals surface area (Å²) >= 11 is 0. The summed E-state index contributed by atoms with van der Waals surface area (Å²) in [6, 6.07) is 0.827. The van der Waals surface area contributed by atoms with Gasteiger partial charge in [0.2, 0.25) is 0 Å². The molecule has 0 aliphatic heterocycles. The second kappa shape index (κ2) is 6.68. The topological polar surface area (TPSA) is 40.5 Å². The number of hydrogen-bond acceptors (Lipinski definition) is 2. The van der Waals surface area contributed by atoms with E-state index in [-0.39, 0.29) is 12.0 Å². The van der Waals surface area contributed by atoms with E-state index >= 15 is 0 Å². The number of carboxylic acids is 1. The van der Waals surface area contributed by atoms with Crippen molar-refractivity contribution in [3.63, 3.8) is 0 Å². The quantitative estimate of drug-likeness (QED) is 0.846. The van der Waals surface area contributed by atoms with Crippen LogP contribution in [-0.2, 0) is 4.79 Å². The minimum Gasteiger partial charge on any atom is -0.481 e. The van der Waals surface area contributed by atoms with Crippen LogP contribution in [0.2, 0.25) is 0 Å². The molecule has 2 aliphatic rings. The Kier molecular flexibility index (Phi) is 5.34. The predicted octanol–water partition coefficient (Wildman–Crippen LogP) is 4.17. The van der Waals surface area contributed by atoms with Gasteiger partial charge in [0.25, 0.3) is 0 Å². The molecule has 0 heterocycles. The van der Waals surface area contributed by atoms with Crippen LogP contribution in [0.4, 0.5) is 0 Å². The van der Waals surface area contributed by atoms with Crippen molar-refractivity contribution in [1.82, 2.24) is 4.90 Å². The molecular formula is C18H33NO2. The third kappa shape index (κ3) is 4.00. The van der Waals surface area contributed by atoms with Crippen LogP contribution in [0.3, 0.4) is 0 Å². The van der Waals surface area contributed by atoms with Crippen LogP contribution in [0.5, 0.6) is 0 Å². The fourth-order valence-electron chi connectivity index (χ4n) is 4.40. The molecule has 3 heteroatoms. The number of aliphatic carboxylic acids is 1. The van der Waals surface area contributed by atoms with Gasteiger partial charge in [0.15, 0.2) is 0 Å². The number of rotatable bonds is 4. The predicted molar refractivity (Wildman–Crippen MR) is 86.3 cm³/mol. The molecule has 0 aromatic carbocycles. The van der Waals surface area contributed by atoms with Crippen molar-refractivity contribution in [3.05, 3.63) is 0 Å². The summed E-state index contributed by atoms with van der Waals surface area (Å²) in [6.07, 6.45) is 9.20. The van der Waals surface area contributed by atoms with Crippen LogP contribution in [-0.4, -0.2) is 35.1 Å². The van der Waals surface area contributed by atoms with Gasteiger partial charge in [-0.05, 0) is 63.3 Å². The lowest BCUT2D eigenvalue weighted by atomic mass is 9.73. The Bertz CT molecular complexity index is 356. The average Bonchev–Trinajstić information content (AvgIpc) is 2.45. The third-order valence-electron chi connectivity index (χ3n) is 6.23. The number of carbonyl (C=O) groups is 1. The van der Waals surface area contributed by atoms with Crippen LogP contribution in [0.25, 0.3) is 0 Å². The van der Waals surface area contributed by atoms with E-state index < -0.39 is 5.97 Å². The first-order valence-electron chi connectivity index (χ1n) is 8.79. The normalized spacial score (nSPS) is 34.0. The number of nitrogens with zero attached hydrogens (tertiary/aromatic N) is 1. The Hall–Kier alpha value is -0.570. The van der Waals surface area contributed by atoms with E-state index in [1.54, 1.807) is 0 Å². The first kappa shape index (κ1) is 16.8. The molecule has 0 spiro atoms. The van der Waals surface area contributed by atoms with Gasteiger partial charge in [0, 0.05) is 12.1 Å². The Morgan fingerprint density at radius 3 is 2.33 bits per heavy atom. The Labute approximate surface area is 130 Å². The van der Waals surface area contributed by atoms with Crippen LogP contribution in [0.15, 0.2) is 0 Å². The van der Waals surface area contributed by atoms with Crippen molar-refractivity contribution in [2.75, 3.05) is 7.05 Å². The van der Waals surface area contributed by atoms with Gasteiger partial charge in [0.05, 0.1) is 5.92 Å². The van der Waals surface area contributed by atoms with Crippen LogP contribution < -0.4 is 0 Å². The zero-order chi connectivity index (χ0) is 15.6. The maximum absolute atomic E-state index is 11.6. The van der Waals surface area contributed by atoms with Crippen molar-refractivity contribution in [2.45, 2.75) is 84.2 Å². The molecule has 0 aromatic rings. The van der Waals surface area contributed by atoms with Crippen LogP contribution >= 0.6 is 0 Å². The lowest BCUT2D eigenvalue weighted by Gasteiger charge is -2.46. The van der Waals surface area contributed by atoms with E-state index in [9.17, 15) is 9.90 Å². The van der Waals surface area contributed by atoms with Crippen molar-refractivity contribution in [1.29, 1.82) is 0 Å². The fourth-order valence-corrected chi connectivity index (χ4v) is 4.40. The fraction of sp³-hybridized carbons (Fsp3) is 0.944. The van der Waals surface area contributed by atoms with E-state index in [0.717, 1.165) is 19.3 Å². The highest BCUT2D eigenvalue weighted by molar-refractivity contribution is 5.71. The number of carboxylic acid groups (broad SMARTS) is 1. The Morgan fingerprint density at radius 1 is 1.19 bits per heavy atom. The molecule has 0 saturated heterocycles. The lowest BCUT2D eigenvalue weighted by molar-refractivity contribution is -0.146. The van der Waals surface area contributed by atoms with E-state index in [2.05, 4.69) is 32.7 Å². The van der Waals surface area contributed by atoms with Crippen molar-refractivity contribution in [2.24, 2.45) is 17.3 Å². The summed E-state index contributed by atoms with van der Waals surface area (Å²) in [5, 5.41) is 9.57. The molecule has 0 aromatic heterocycles. The molecule has 2 fully saturated rings. The van der Waals surface area contributed by atoms with Gasteiger partial charge in [-0.2, -0.15) is 0 Å². The Morgan fingerprint density at radius 2 is 1.81 bits per heavy atom. The number of hydrogen-bond donors (Lipinski definition) is 1. The minimum absolute atomic E-state index is 0.160. The molecule has 2 rings (SSSR count). The standard InChI is InChI=1S/C18H33NO2/c1-5-13-6-7-15(17(20)21)16(12-13)19(4)14-8-10-18(2,3)11-9-14/h13-16H,5-12H2,1-4H3,(H,20,21). The summed E-state index contributed by atoms with van der Waals surface area (Å²) in [5.74, 6) is -0.0293. The second-order valence-corrected chi connectivity index (χ2v) is 8.16. The monoisotopic (exact) mass is 295 g/mol. The molecule has 2 saturated carbocycles. The van der Waals surface area contributed by atoms with Gasteiger partial charge in [-0.1, -0.05) is 27.2 Å². The van der Waals surface area contributed by atoms with E-state index in [1.165, 1.54) is 32.1 Å². The smallest absolute Gasteiger partial charge is 0.308 e. The first-order valence-corrected chi connectivity index (χ1v) is 8.79. The van der Waals surface area contributed by atoms with Gasteiger partial charge >= 0.3 is 5.97 Å². The van der Waals surface area contributed by atoms with Crippen molar-refractivity contribution < 1.29 is 9.90 Å².